The SMILES string of the molecule is CN1CCCC1Cn1cc(NC(=O)c2cnn3cccnc23)c(-c2cc(Oc3ccccc3)ccc2OC(F)F)n1. The van der Waals surface area contributed by atoms with Crippen LogP contribution in [-0.2, 0) is 6.54 Å². The van der Waals surface area contributed by atoms with E-state index in [9.17, 15) is 13.6 Å². The minimum Gasteiger partial charge on any atom is -0.457 e. The van der Waals surface area contributed by atoms with Crippen molar-refractivity contribution in [1.82, 2.24) is 29.3 Å². The van der Waals surface area contributed by atoms with E-state index in [-0.39, 0.29) is 28.6 Å². The fourth-order valence-corrected chi connectivity index (χ4v) is 4.99. The highest BCUT2D eigenvalue weighted by atomic mass is 19.3. The van der Waals surface area contributed by atoms with E-state index in [0.29, 0.717) is 29.4 Å². The van der Waals surface area contributed by atoms with Crippen molar-refractivity contribution in [3.05, 3.63) is 84.9 Å². The third-order valence-corrected chi connectivity index (χ3v) is 7.00. The summed E-state index contributed by atoms with van der Waals surface area (Å²) in [7, 11) is 2.06. The largest absolute Gasteiger partial charge is 0.457 e. The molecule has 3 aromatic heterocycles. The van der Waals surface area contributed by atoms with Gasteiger partial charge in [-0.2, -0.15) is 19.0 Å². The molecular weight excluding hydrogens is 532 g/mol. The number of nitrogens with one attached hydrogen (secondary N) is 1. The van der Waals surface area contributed by atoms with E-state index < -0.39 is 12.5 Å². The predicted molar refractivity (Wildman–Crippen MR) is 147 cm³/mol. The van der Waals surface area contributed by atoms with Crippen molar-refractivity contribution >= 4 is 17.2 Å². The zero-order valence-electron chi connectivity index (χ0n) is 22.2. The lowest BCUT2D eigenvalue weighted by Gasteiger charge is -2.19. The second kappa shape index (κ2) is 11.3. The van der Waals surface area contributed by atoms with Crippen molar-refractivity contribution in [2.24, 2.45) is 0 Å². The molecule has 1 N–H and O–H groups in total. The normalized spacial score (nSPS) is 15.5. The predicted octanol–water partition coefficient (Wildman–Crippen LogP) is 5.33. The van der Waals surface area contributed by atoms with Crippen LogP contribution < -0.4 is 14.8 Å². The van der Waals surface area contributed by atoms with Crippen LogP contribution >= 0.6 is 0 Å². The lowest BCUT2D eigenvalue weighted by molar-refractivity contribution is -0.0494. The summed E-state index contributed by atoms with van der Waals surface area (Å²) in [6, 6.07) is 15.6. The van der Waals surface area contributed by atoms with Crippen LogP contribution in [0.3, 0.4) is 0 Å². The number of amides is 1. The van der Waals surface area contributed by atoms with E-state index in [4.69, 9.17) is 14.6 Å². The number of halogens is 2. The van der Waals surface area contributed by atoms with Crippen molar-refractivity contribution in [3.8, 4) is 28.5 Å². The highest BCUT2D eigenvalue weighted by Crippen LogP contribution is 2.39. The molecule has 5 aromatic rings. The number of carbonyl (C=O) groups is 1. The summed E-state index contributed by atoms with van der Waals surface area (Å²) in [5.41, 5.74) is 1.46. The molecule has 2 aromatic carbocycles. The molecule has 1 saturated heterocycles. The topological polar surface area (TPSA) is 98.8 Å². The van der Waals surface area contributed by atoms with Crippen molar-refractivity contribution in [2.45, 2.75) is 32.0 Å². The Balaban J connectivity index is 1.41. The summed E-state index contributed by atoms with van der Waals surface area (Å²) in [6.45, 7) is -1.52. The number of ether oxygens (including phenoxy) is 2. The highest BCUT2D eigenvalue weighted by molar-refractivity contribution is 6.09. The summed E-state index contributed by atoms with van der Waals surface area (Å²) < 4.78 is 41.0. The molecule has 0 spiro atoms. The van der Waals surface area contributed by atoms with Gasteiger partial charge in [-0.05, 0) is 62.8 Å². The molecule has 6 rings (SSSR count). The number of para-hydroxylation sites is 1. The minimum absolute atomic E-state index is 0.100. The number of hydrogen-bond donors (Lipinski definition) is 1. The molecule has 12 heteroatoms. The third-order valence-electron chi connectivity index (χ3n) is 7.00. The van der Waals surface area contributed by atoms with Crippen LogP contribution in [0, 0.1) is 0 Å². The molecule has 0 aliphatic carbocycles. The Morgan fingerprint density at radius 1 is 1.15 bits per heavy atom. The van der Waals surface area contributed by atoms with Crippen molar-refractivity contribution < 1.29 is 23.0 Å². The summed E-state index contributed by atoms with van der Waals surface area (Å²) in [6.07, 6.45) is 8.46. The number of carbonyl (C=O) groups excluding carboxylic acids is 1. The molecule has 1 atom stereocenters. The van der Waals surface area contributed by atoms with Gasteiger partial charge in [-0.15, -0.1) is 0 Å². The smallest absolute Gasteiger partial charge is 0.387 e. The fourth-order valence-electron chi connectivity index (χ4n) is 4.99. The number of fused-ring (bicyclic) bond motifs is 1. The molecule has 4 heterocycles. The van der Waals surface area contributed by atoms with Crippen LogP contribution in [0.25, 0.3) is 16.9 Å². The Morgan fingerprint density at radius 2 is 2.00 bits per heavy atom. The van der Waals surface area contributed by atoms with E-state index in [0.717, 1.165) is 19.4 Å². The van der Waals surface area contributed by atoms with Crippen LogP contribution in [0.2, 0.25) is 0 Å². The zero-order chi connectivity index (χ0) is 28.3. The Bertz CT molecular complexity index is 1670. The van der Waals surface area contributed by atoms with Crippen LogP contribution in [-0.4, -0.2) is 61.4 Å². The Kier molecular flexibility index (Phi) is 7.30. The van der Waals surface area contributed by atoms with E-state index in [2.05, 4.69) is 27.3 Å². The summed E-state index contributed by atoms with van der Waals surface area (Å²) >= 11 is 0. The molecule has 1 fully saturated rings. The molecular formula is C29H27F2N7O3. The second-order valence-corrected chi connectivity index (χ2v) is 9.74. The first-order chi connectivity index (χ1) is 19.9. The third kappa shape index (κ3) is 5.73. The molecule has 41 heavy (non-hydrogen) atoms. The molecule has 0 radical (unpaired) electrons. The molecule has 0 bridgehead atoms. The average molecular weight is 560 g/mol. The van der Waals surface area contributed by atoms with E-state index >= 15 is 0 Å². The number of rotatable bonds is 9. The Hall–Kier alpha value is -4.84. The quantitative estimate of drug-likeness (QED) is 0.261. The lowest BCUT2D eigenvalue weighted by atomic mass is 10.1. The number of nitrogens with zero attached hydrogens (tertiary/aromatic N) is 6. The van der Waals surface area contributed by atoms with Crippen LogP contribution in [0.5, 0.6) is 17.2 Å². The Labute approximate surface area is 234 Å². The fraction of sp³-hybridized carbons (Fsp3) is 0.241. The number of anilines is 1. The van der Waals surface area contributed by atoms with Gasteiger partial charge in [0.15, 0.2) is 5.65 Å². The maximum atomic E-state index is 13.5. The number of hydrogen-bond acceptors (Lipinski definition) is 7. The molecule has 1 amide bonds. The van der Waals surface area contributed by atoms with Gasteiger partial charge in [-0.25, -0.2) is 9.50 Å². The molecule has 210 valence electrons. The van der Waals surface area contributed by atoms with Gasteiger partial charge >= 0.3 is 6.61 Å². The monoisotopic (exact) mass is 559 g/mol. The van der Waals surface area contributed by atoms with Crippen LogP contribution in [0.15, 0.2) is 79.4 Å². The van der Waals surface area contributed by atoms with Gasteiger partial charge in [-0.3, -0.25) is 9.48 Å². The molecule has 1 aliphatic rings. The number of alkyl halides is 2. The summed E-state index contributed by atoms with van der Waals surface area (Å²) in [5.74, 6) is 0.397. The minimum atomic E-state index is -3.06. The zero-order valence-corrected chi connectivity index (χ0v) is 22.2. The molecule has 10 nitrogen and oxygen atoms in total. The van der Waals surface area contributed by atoms with Gasteiger partial charge < -0.3 is 19.7 Å². The number of likely N-dealkylation sites (N-methyl/N-ethyl adjacent to an activating group) is 1. The highest BCUT2D eigenvalue weighted by Gasteiger charge is 2.25. The van der Waals surface area contributed by atoms with Crippen LogP contribution in [0.1, 0.15) is 23.2 Å². The van der Waals surface area contributed by atoms with Crippen molar-refractivity contribution in [3.63, 3.8) is 0 Å². The average Bonchev–Trinajstić information content (AvgIpc) is 3.69. The van der Waals surface area contributed by atoms with Gasteiger partial charge in [0.2, 0.25) is 0 Å². The van der Waals surface area contributed by atoms with Crippen molar-refractivity contribution in [2.75, 3.05) is 18.9 Å². The van der Waals surface area contributed by atoms with E-state index in [1.807, 2.05) is 18.2 Å². The Morgan fingerprint density at radius 3 is 2.78 bits per heavy atom. The first kappa shape index (κ1) is 26.4. The molecule has 1 unspecified atom stereocenters. The molecule has 0 saturated carbocycles. The first-order valence-electron chi connectivity index (χ1n) is 13.1. The summed E-state index contributed by atoms with van der Waals surface area (Å²) in [5, 5.41) is 11.8. The van der Waals surface area contributed by atoms with Gasteiger partial charge in [0.1, 0.15) is 28.5 Å². The van der Waals surface area contributed by atoms with Crippen molar-refractivity contribution in [1.29, 1.82) is 0 Å². The van der Waals surface area contributed by atoms with Gasteiger partial charge in [0.25, 0.3) is 5.91 Å². The maximum Gasteiger partial charge on any atom is 0.387 e. The van der Waals surface area contributed by atoms with Gasteiger partial charge in [0.05, 0.1) is 24.0 Å². The maximum absolute atomic E-state index is 13.5. The standard InChI is InChI=1S/C29H27F2N7O3/c1-36-13-5-7-19(36)17-37-18-24(34-28(39)23-16-33-38-14-6-12-32-27(23)38)26(35-37)22-15-21(10-11-25(22)41-29(30)31)40-20-8-3-2-4-9-20/h2-4,6,8-12,14-16,18-19,29H,5,7,13,17H2,1H3,(H,34,39). The second-order valence-electron chi connectivity index (χ2n) is 9.74. The van der Waals surface area contributed by atoms with E-state index in [1.165, 1.54) is 16.8 Å². The van der Waals surface area contributed by atoms with E-state index in [1.54, 1.807) is 53.6 Å². The van der Waals surface area contributed by atoms with Gasteiger partial charge in [-0.1, -0.05) is 18.2 Å². The number of benzene rings is 2. The number of likely N-dealkylation sites (tertiary alicyclic amines) is 1. The molecule has 1 aliphatic heterocycles. The van der Waals surface area contributed by atoms with Crippen LogP contribution in [0.4, 0.5) is 14.5 Å². The summed E-state index contributed by atoms with van der Waals surface area (Å²) in [4.78, 5) is 19.9. The first-order valence-corrected chi connectivity index (χ1v) is 13.1. The van der Waals surface area contributed by atoms with Gasteiger partial charge in [0, 0.05) is 24.6 Å². The number of aromatic nitrogens is 5. The lowest BCUT2D eigenvalue weighted by Crippen LogP contribution is -2.29.